The van der Waals surface area contributed by atoms with Crippen molar-refractivity contribution >= 4 is 43.2 Å². The summed E-state index contributed by atoms with van der Waals surface area (Å²) in [7, 11) is 0. The summed E-state index contributed by atoms with van der Waals surface area (Å²) in [6.07, 6.45) is 5.67. The van der Waals surface area contributed by atoms with Crippen molar-refractivity contribution in [3.05, 3.63) is 53.6 Å². The second-order valence-corrected chi connectivity index (χ2v) is 8.56. The lowest BCUT2D eigenvalue weighted by Gasteiger charge is -2.13. The van der Waals surface area contributed by atoms with Gasteiger partial charge in [0.05, 0.1) is 0 Å². The van der Waals surface area contributed by atoms with E-state index in [1.807, 2.05) is 6.07 Å². The minimum absolute atomic E-state index is 0.548. The highest BCUT2D eigenvalue weighted by Gasteiger charge is 2.20. The molecule has 1 aromatic carbocycles. The summed E-state index contributed by atoms with van der Waals surface area (Å²) >= 11 is 8.93. The molecule has 1 aliphatic rings. The molecule has 0 amide bonds. The van der Waals surface area contributed by atoms with E-state index < -0.39 is 6.10 Å². The van der Waals surface area contributed by atoms with Gasteiger partial charge in [0.2, 0.25) is 0 Å². The van der Waals surface area contributed by atoms with Crippen LogP contribution in [0.2, 0.25) is 0 Å². The van der Waals surface area contributed by atoms with E-state index in [9.17, 15) is 5.11 Å². The monoisotopic (exact) mass is 428 g/mol. The van der Waals surface area contributed by atoms with Gasteiger partial charge in [-0.15, -0.1) is 11.3 Å². The molecule has 0 fully saturated rings. The van der Waals surface area contributed by atoms with Crippen molar-refractivity contribution in [2.45, 2.75) is 45.1 Å². The first kappa shape index (κ1) is 15.7. The highest BCUT2D eigenvalue weighted by atomic mass is 79.9. The Hall–Kier alpha value is -0.160. The average Bonchev–Trinajstić information content (AvgIpc) is 2.73. The Labute approximate surface area is 146 Å². The molecule has 0 radical (unpaired) electrons. The molecule has 1 unspecified atom stereocenters. The van der Waals surface area contributed by atoms with Gasteiger partial charge in [-0.25, -0.2) is 0 Å². The van der Waals surface area contributed by atoms with Crippen LogP contribution in [0.4, 0.5) is 0 Å². The third kappa shape index (κ3) is 3.29. The number of aryl methyl sites for hydroxylation is 3. The van der Waals surface area contributed by atoms with E-state index >= 15 is 0 Å². The number of aliphatic hydroxyl groups is 1. The Morgan fingerprint density at radius 1 is 1.05 bits per heavy atom. The maximum Gasteiger partial charge on any atom is 0.114 e. The van der Waals surface area contributed by atoms with Gasteiger partial charge < -0.3 is 5.11 Å². The van der Waals surface area contributed by atoms with Crippen LogP contribution in [0.5, 0.6) is 0 Å². The molecule has 112 valence electrons. The molecule has 1 heterocycles. The van der Waals surface area contributed by atoms with Gasteiger partial charge in [-0.2, -0.15) is 0 Å². The minimum atomic E-state index is -0.548. The predicted octanol–water partition coefficient (Wildman–Crippen LogP) is 5.93. The van der Waals surface area contributed by atoms with Crippen LogP contribution in [-0.2, 0) is 12.8 Å². The third-order valence-electron chi connectivity index (χ3n) is 4.11. The van der Waals surface area contributed by atoms with E-state index in [1.54, 1.807) is 11.3 Å². The van der Waals surface area contributed by atoms with Crippen LogP contribution in [0.15, 0.2) is 27.1 Å². The quantitative estimate of drug-likeness (QED) is 0.586. The lowest BCUT2D eigenvalue weighted by molar-refractivity contribution is 0.223. The Morgan fingerprint density at radius 2 is 1.81 bits per heavy atom. The summed E-state index contributed by atoms with van der Waals surface area (Å²) in [5.74, 6) is 0. The van der Waals surface area contributed by atoms with Gasteiger partial charge in [-0.3, -0.25) is 0 Å². The fourth-order valence-corrected chi connectivity index (χ4v) is 5.15. The highest BCUT2D eigenvalue weighted by Crippen LogP contribution is 2.38. The molecule has 1 aromatic heterocycles. The first-order chi connectivity index (χ1) is 10.1. The molecule has 0 spiro atoms. The van der Waals surface area contributed by atoms with Gasteiger partial charge in [0.15, 0.2) is 0 Å². The zero-order valence-corrected chi connectivity index (χ0v) is 15.9. The predicted molar refractivity (Wildman–Crippen MR) is 96.2 cm³/mol. The highest BCUT2D eigenvalue weighted by molar-refractivity contribution is 9.11. The molecule has 1 nitrogen and oxygen atoms in total. The van der Waals surface area contributed by atoms with Gasteiger partial charge in [0, 0.05) is 24.3 Å². The first-order valence-corrected chi connectivity index (χ1v) is 9.71. The van der Waals surface area contributed by atoms with Gasteiger partial charge in [-0.05, 0) is 61.9 Å². The van der Waals surface area contributed by atoms with E-state index in [4.69, 9.17) is 0 Å². The van der Waals surface area contributed by atoms with Crippen molar-refractivity contribution in [2.75, 3.05) is 0 Å². The van der Waals surface area contributed by atoms with Crippen LogP contribution in [0, 0.1) is 6.92 Å². The second-order valence-electron chi connectivity index (χ2n) is 5.68. The van der Waals surface area contributed by atoms with Crippen LogP contribution >= 0.6 is 43.2 Å². The Kier molecular flexibility index (Phi) is 4.89. The topological polar surface area (TPSA) is 20.2 Å². The van der Waals surface area contributed by atoms with Crippen LogP contribution in [0.3, 0.4) is 0 Å². The van der Waals surface area contributed by atoms with Crippen molar-refractivity contribution < 1.29 is 5.11 Å². The molecule has 1 N–H and O–H groups in total. The first-order valence-electron chi connectivity index (χ1n) is 7.31. The van der Waals surface area contributed by atoms with E-state index in [0.717, 1.165) is 25.8 Å². The van der Waals surface area contributed by atoms with Gasteiger partial charge in [0.1, 0.15) is 6.10 Å². The minimum Gasteiger partial charge on any atom is -0.383 e. The van der Waals surface area contributed by atoms with E-state index in [1.165, 1.54) is 41.7 Å². The summed E-state index contributed by atoms with van der Waals surface area (Å²) in [5, 5.41) is 10.8. The summed E-state index contributed by atoms with van der Waals surface area (Å²) in [4.78, 5) is 2.54. The normalized spacial score (nSPS) is 16.4. The van der Waals surface area contributed by atoms with E-state index in [2.05, 4.69) is 50.9 Å². The zero-order valence-electron chi connectivity index (χ0n) is 12.0. The standard InChI is InChI=1S/C17H18Br2OS/c1-10-7-14(19)12(9-13(10)18)17(20)16-8-11-5-3-2-4-6-15(11)21-16/h7-9,17,20H,2-6H2,1H3. The SMILES string of the molecule is Cc1cc(Br)c(C(O)c2cc3c(s2)CCCCC3)cc1Br. The van der Waals surface area contributed by atoms with Gasteiger partial charge in [0.25, 0.3) is 0 Å². The van der Waals surface area contributed by atoms with Gasteiger partial charge >= 0.3 is 0 Å². The van der Waals surface area contributed by atoms with Crippen molar-refractivity contribution in [2.24, 2.45) is 0 Å². The lowest BCUT2D eigenvalue weighted by Crippen LogP contribution is -1.99. The molecule has 1 atom stereocenters. The number of hydrogen-bond acceptors (Lipinski definition) is 2. The molecule has 2 aromatic rings. The smallest absolute Gasteiger partial charge is 0.114 e. The molecule has 0 bridgehead atoms. The van der Waals surface area contributed by atoms with Gasteiger partial charge in [-0.1, -0.05) is 38.3 Å². The Bertz CT molecular complexity index is 640. The third-order valence-corrected chi connectivity index (χ3v) is 6.94. The van der Waals surface area contributed by atoms with Crippen molar-refractivity contribution in [1.29, 1.82) is 0 Å². The average molecular weight is 430 g/mol. The molecule has 3 rings (SSSR count). The van der Waals surface area contributed by atoms with E-state index in [-0.39, 0.29) is 0 Å². The molecule has 0 aliphatic heterocycles. The number of fused-ring (bicyclic) bond motifs is 1. The maximum absolute atomic E-state index is 10.8. The maximum atomic E-state index is 10.8. The number of halogens is 2. The van der Waals surface area contributed by atoms with Crippen LogP contribution in [0.1, 0.15) is 51.8 Å². The fourth-order valence-electron chi connectivity index (χ4n) is 2.85. The van der Waals surface area contributed by atoms with Crippen molar-refractivity contribution in [3.8, 4) is 0 Å². The van der Waals surface area contributed by atoms with Crippen LogP contribution in [-0.4, -0.2) is 5.11 Å². The summed E-state index contributed by atoms with van der Waals surface area (Å²) in [6, 6.07) is 6.30. The van der Waals surface area contributed by atoms with Crippen molar-refractivity contribution in [3.63, 3.8) is 0 Å². The number of hydrogen-bond donors (Lipinski definition) is 1. The Morgan fingerprint density at radius 3 is 2.62 bits per heavy atom. The summed E-state index contributed by atoms with van der Waals surface area (Å²) in [5.41, 5.74) is 3.55. The molecule has 1 aliphatic carbocycles. The zero-order chi connectivity index (χ0) is 15.0. The summed E-state index contributed by atoms with van der Waals surface area (Å²) < 4.78 is 2.01. The van der Waals surface area contributed by atoms with Crippen LogP contribution < -0.4 is 0 Å². The number of aliphatic hydroxyl groups excluding tert-OH is 1. The molecule has 0 saturated heterocycles. The molecule has 4 heteroatoms. The second kappa shape index (κ2) is 6.53. The van der Waals surface area contributed by atoms with Crippen LogP contribution in [0.25, 0.3) is 0 Å². The molecule has 21 heavy (non-hydrogen) atoms. The number of thiophene rings is 1. The van der Waals surface area contributed by atoms with Crippen molar-refractivity contribution in [1.82, 2.24) is 0 Å². The largest absolute Gasteiger partial charge is 0.383 e. The molecular formula is C17H18Br2OS. The number of benzene rings is 1. The molecule has 0 saturated carbocycles. The lowest BCUT2D eigenvalue weighted by atomic mass is 10.0. The Balaban J connectivity index is 1.95. The number of rotatable bonds is 2. The fraction of sp³-hybridized carbons (Fsp3) is 0.412. The van der Waals surface area contributed by atoms with E-state index in [0.29, 0.717) is 0 Å². The summed E-state index contributed by atoms with van der Waals surface area (Å²) in [6.45, 7) is 2.05. The molecular weight excluding hydrogens is 412 g/mol.